The lowest BCUT2D eigenvalue weighted by Crippen LogP contribution is -2.23. The van der Waals surface area contributed by atoms with Gasteiger partial charge in [0.25, 0.3) is 5.56 Å². The minimum Gasteiger partial charge on any atom is -0.475 e. The molecule has 1 aliphatic rings. The number of rotatable bonds is 7. The zero-order valence-corrected chi connectivity index (χ0v) is 30.4. The highest BCUT2D eigenvalue weighted by atomic mass is 19.1. The number of hydrogen-bond acceptors (Lipinski definition) is 5. The fraction of sp³-hybridized carbons (Fsp3) is 0.436. The minimum atomic E-state index is -0.325. The Bertz CT molecular complexity index is 1410. The van der Waals surface area contributed by atoms with Gasteiger partial charge in [-0.15, -0.1) is 0 Å². The topological polar surface area (TPSA) is 80.8 Å². The molecule has 1 unspecified atom stereocenters. The number of aryl methyl sites for hydroxylation is 2. The van der Waals surface area contributed by atoms with E-state index < -0.39 is 0 Å². The molecule has 6 nitrogen and oxygen atoms in total. The van der Waals surface area contributed by atoms with E-state index >= 15 is 0 Å². The van der Waals surface area contributed by atoms with Gasteiger partial charge in [-0.25, -0.2) is 14.4 Å². The van der Waals surface area contributed by atoms with E-state index in [0.717, 1.165) is 41.1 Å². The quantitative estimate of drug-likeness (QED) is 0.284. The van der Waals surface area contributed by atoms with Crippen LogP contribution < -0.4 is 10.3 Å². The Morgan fingerprint density at radius 1 is 1.17 bits per heavy atom. The molecule has 1 aliphatic carbocycles. The average Bonchev–Trinajstić information content (AvgIpc) is 3.34. The zero-order chi connectivity index (χ0) is 35.7. The SMILES string of the molecule is C=C/C(C)=C(F)\C=C(/C)C1=CC=CCC=C1C#N.CC.CCC(C)Oc1ccccn1.CCCC.Cc1nc(C)n(C)c(=O)c1C. The average molecular weight is 633 g/mol. The van der Waals surface area contributed by atoms with Gasteiger partial charge < -0.3 is 4.74 Å². The number of ether oxygens (including phenoxy) is 1. The summed E-state index contributed by atoms with van der Waals surface area (Å²) in [6, 6.07) is 7.81. The summed E-state index contributed by atoms with van der Waals surface area (Å²) in [5.74, 6) is 1.15. The third kappa shape index (κ3) is 17.2. The summed E-state index contributed by atoms with van der Waals surface area (Å²) in [6.07, 6.45) is 16.8. The molecule has 0 saturated carbocycles. The Hall–Kier alpha value is -4.31. The number of unbranched alkanes of at least 4 members (excludes halogenated alkanes) is 1. The van der Waals surface area contributed by atoms with Crippen molar-refractivity contribution in [2.24, 2.45) is 7.05 Å². The van der Waals surface area contributed by atoms with Crippen LogP contribution in [0.5, 0.6) is 5.88 Å². The molecule has 7 heteroatoms. The van der Waals surface area contributed by atoms with Crippen LogP contribution >= 0.6 is 0 Å². The summed E-state index contributed by atoms with van der Waals surface area (Å²) in [4.78, 5) is 19.6. The lowest BCUT2D eigenvalue weighted by atomic mass is 9.98. The summed E-state index contributed by atoms with van der Waals surface area (Å²) in [7, 11) is 1.73. The Labute approximate surface area is 278 Å². The van der Waals surface area contributed by atoms with Crippen molar-refractivity contribution in [3.8, 4) is 11.9 Å². The molecular weight excluding hydrogens is 575 g/mol. The van der Waals surface area contributed by atoms with Crippen molar-refractivity contribution in [2.45, 2.75) is 108 Å². The lowest BCUT2D eigenvalue weighted by Gasteiger charge is -2.10. The van der Waals surface area contributed by atoms with Crippen molar-refractivity contribution in [3.63, 3.8) is 0 Å². The first-order chi connectivity index (χ1) is 21.9. The van der Waals surface area contributed by atoms with Crippen LogP contribution in [0.1, 0.15) is 98.2 Å². The number of allylic oxidation sites excluding steroid dienone is 11. The Morgan fingerprint density at radius 2 is 1.80 bits per heavy atom. The van der Waals surface area contributed by atoms with Crippen LogP contribution in [0, 0.1) is 32.1 Å². The molecule has 0 fully saturated rings. The summed E-state index contributed by atoms with van der Waals surface area (Å²) in [6.45, 7) is 25.0. The van der Waals surface area contributed by atoms with Crippen LogP contribution in [0.4, 0.5) is 4.39 Å². The van der Waals surface area contributed by atoms with E-state index in [0.29, 0.717) is 17.0 Å². The highest BCUT2D eigenvalue weighted by molar-refractivity contribution is 5.56. The molecule has 1 atom stereocenters. The molecule has 0 N–H and O–H groups in total. The van der Waals surface area contributed by atoms with Gasteiger partial charge in [0.15, 0.2) is 0 Å². The van der Waals surface area contributed by atoms with Crippen molar-refractivity contribution in [2.75, 3.05) is 0 Å². The minimum absolute atomic E-state index is 0.0509. The Morgan fingerprint density at radius 3 is 2.30 bits per heavy atom. The standard InChI is InChI=1S/C16H16FN.C9H13NO.C8H12N2O.C4H10.C2H6/c1-4-12(2)16(17)10-13(3)15-9-7-5-6-8-14(15)11-18;1-3-8(2)11-9-6-4-5-7-10-9;1-5-6(2)9-7(3)10(4)8(5)11;1-3-4-2;1-2/h4-5,7-10H,1,6H2,2-3H3;4-8H,3H2,1-2H3;1-4H3;3-4H2,1-2H3;1-2H3/b13-10+,16-12+;;;;. The van der Waals surface area contributed by atoms with Gasteiger partial charge in [-0.05, 0) is 83.2 Å². The Kier molecular flexibility index (Phi) is 24.7. The van der Waals surface area contributed by atoms with Crippen LogP contribution in [0.3, 0.4) is 0 Å². The summed E-state index contributed by atoms with van der Waals surface area (Å²) in [5, 5.41) is 9.09. The highest BCUT2D eigenvalue weighted by Crippen LogP contribution is 2.24. The normalized spacial score (nSPS) is 12.9. The molecule has 46 heavy (non-hydrogen) atoms. The van der Waals surface area contributed by atoms with Gasteiger partial charge in [0.2, 0.25) is 5.88 Å². The first kappa shape index (κ1) is 43.8. The molecule has 0 saturated heterocycles. The van der Waals surface area contributed by atoms with Crippen LogP contribution in [0.2, 0.25) is 0 Å². The van der Waals surface area contributed by atoms with E-state index in [9.17, 15) is 9.18 Å². The largest absolute Gasteiger partial charge is 0.475 e. The first-order valence-corrected chi connectivity index (χ1v) is 16.1. The van der Waals surface area contributed by atoms with Gasteiger partial charge in [-0.2, -0.15) is 5.26 Å². The third-order valence-corrected chi connectivity index (χ3v) is 6.74. The fourth-order valence-electron chi connectivity index (χ4n) is 3.22. The Balaban J connectivity index is 0. The number of pyridine rings is 1. The van der Waals surface area contributed by atoms with E-state index in [2.05, 4.69) is 43.4 Å². The number of halogens is 1. The van der Waals surface area contributed by atoms with Crippen LogP contribution in [-0.2, 0) is 7.05 Å². The zero-order valence-electron chi connectivity index (χ0n) is 30.4. The summed E-state index contributed by atoms with van der Waals surface area (Å²) < 4.78 is 20.7. The summed E-state index contributed by atoms with van der Waals surface area (Å²) >= 11 is 0. The van der Waals surface area contributed by atoms with Crippen molar-refractivity contribution < 1.29 is 9.13 Å². The third-order valence-electron chi connectivity index (χ3n) is 6.74. The van der Waals surface area contributed by atoms with Crippen LogP contribution in [0.15, 0.2) is 100 Å². The number of aromatic nitrogens is 3. The molecule has 0 aromatic carbocycles. The van der Waals surface area contributed by atoms with E-state index in [1.807, 2.05) is 77.1 Å². The van der Waals surface area contributed by atoms with E-state index in [4.69, 9.17) is 10.00 Å². The van der Waals surface area contributed by atoms with Gasteiger partial charge in [-0.1, -0.05) is 90.5 Å². The molecule has 2 aromatic rings. The van der Waals surface area contributed by atoms with E-state index in [1.165, 1.54) is 25.0 Å². The molecule has 3 rings (SSSR count). The summed E-state index contributed by atoms with van der Waals surface area (Å²) in [5.41, 5.74) is 4.17. The predicted molar refractivity (Wildman–Crippen MR) is 194 cm³/mol. The highest BCUT2D eigenvalue weighted by Gasteiger charge is 2.09. The molecule has 252 valence electrons. The van der Waals surface area contributed by atoms with E-state index in [1.54, 1.807) is 38.6 Å². The number of hydrogen-bond donors (Lipinski definition) is 0. The number of nitriles is 1. The lowest BCUT2D eigenvalue weighted by molar-refractivity contribution is 0.208. The van der Waals surface area contributed by atoms with Crippen LogP contribution in [0.25, 0.3) is 0 Å². The maximum absolute atomic E-state index is 13.7. The van der Waals surface area contributed by atoms with Crippen molar-refractivity contribution in [3.05, 3.63) is 123 Å². The molecular formula is C39H57FN4O2. The molecule has 0 amide bonds. The van der Waals surface area contributed by atoms with Crippen molar-refractivity contribution in [1.29, 1.82) is 5.26 Å². The second-order valence-electron chi connectivity index (χ2n) is 10.3. The smallest absolute Gasteiger partial charge is 0.256 e. The van der Waals surface area contributed by atoms with Gasteiger partial charge in [0.1, 0.15) is 11.7 Å². The van der Waals surface area contributed by atoms with Gasteiger partial charge in [0.05, 0.1) is 17.7 Å². The maximum Gasteiger partial charge on any atom is 0.256 e. The molecule has 0 bridgehead atoms. The van der Waals surface area contributed by atoms with Crippen molar-refractivity contribution in [1.82, 2.24) is 14.5 Å². The first-order valence-electron chi connectivity index (χ1n) is 16.1. The molecule has 0 radical (unpaired) electrons. The molecule has 2 aromatic heterocycles. The maximum atomic E-state index is 13.7. The van der Waals surface area contributed by atoms with Gasteiger partial charge in [-0.3, -0.25) is 9.36 Å². The van der Waals surface area contributed by atoms with Crippen LogP contribution in [-0.4, -0.2) is 20.6 Å². The monoisotopic (exact) mass is 632 g/mol. The van der Waals surface area contributed by atoms with Crippen molar-refractivity contribution >= 4 is 0 Å². The molecule has 0 spiro atoms. The second-order valence-corrected chi connectivity index (χ2v) is 10.3. The molecule has 0 aliphatic heterocycles. The number of nitrogens with zero attached hydrogens (tertiary/aromatic N) is 4. The van der Waals surface area contributed by atoms with Gasteiger partial charge in [0, 0.05) is 30.6 Å². The van der Waals surface area contributed by atoms with Gasteiger partial charge >= 0.3 is 0 Å². The second kappa shape index (κ2) is 26.0. The predicted octanol–water partition coefficient (Wildman–Crippen LogP) is 10.5. The van der Waals surface area contributed by atoms with E-state index in [-0.39, 0.29) is 17.5 Å². The fourth-order valence-corrected chi connectivity index (χ4v) is 3.22. The molecule has 2 heterocycles.